The molecule has 0 aliphatic rings. The van der Waals surface area contributed by atoms with Crippen LogP contribution in [0.2, 0.25) is 10.0 Å². The number of halogens is 2. The van der Waals surface area contributed by atoms with Gasteiger partial charge in [-0.25, -0.2) is 0 Å². The van der Waals surface area contributed by atoms with Crippen LogP contribution in [0.25, 0.3) is 0 Å². The quantitative estimate of drug-likeness (QED) is 0.434. The van der Waals surface area contributed by atoms with Crippen molar-refractivity contribution in [2.75, 3.05) is 19.8 Å². The molecular weight excluding hydrogens is 401 g/mol. The summed E-state index contributed by atoms with van der Waals surface area (Å²) in [6, 6.07) is 8.56. The topological polar surface area (TPSA) is 44.8 Å². The van der Waals surface area contributed by atoms with Gasteiger partial charge in [0, 0.05) is 12.1 Å². The van der Waals surface area contributed by atoms with E-state index in [9.17, 15) is 4.79 Å². The molecule has 0 radical (unpaired) electrons. The van der Waals surface area contributed by atoms with Crippen LogP contribution in [0.5, 0.6) is 17.2 Å². The Morgan fingerprint density at radius 2 is 1.41 bits per heavy atom. The first-order valence-electron chi connectivity index (χ1n) is 8.33. The van der Waals surface area contributed by atoms with Crippen LogP contribution in [0, 0.1) is 0 Å². The molecule has 0 amide bonds. The van der Waals surface area contributed by atoms with E-state index >= 15 is 0 Å². The number of carbonyl (C=O) groups is 1. The Kier molecular flexibility index (Phi) is 10.6. The van der Waals surface area contributed by atoms with Crippen molar-refractivity contribution in [2.45, 2.75) is 20.8 Å². The summed E-state index contributed by atoms with van der Waals surface area (Å²) in [4.78, 5) is 12.9. The number of carbonyl (C=O) groups excluding carboxylic acids is 1. The molecule has 8 heteroatoms. The van der Waals surface area contributed by atoms with Gasteiger partial charge in [-0.05, 0) is 41.5 Å². The van der Waals surface area contributed by atoms with Crippen molar-refractivity contribution in [2.24, 2.45) is 0 Å². The summed E-state index contributed by atoms with van der Waals surface area (Å²) in [5.41, 5.74) is 0.139. The predicted octanol–water partition coefficient (Wildman–Crippen LogP) is 4.69. The van der Waals surface area contributed by atoms with E-state index in [1.165, 1.54) is 0 Å². The van der Waals surface area contributed by atoms with Gasteiger partial charge in [0.2, 0.25) is 0 Å². The second kappa shape index (κ2) is 11.8. The van der Waals surface area contributed by atoms with Gasteiger partial charge in [0.1, 0.15) is 17.2 Å². The molecule has 0 fully saturated rings. The maximum atomic E-state index is 12.9. The third-order valence-corrected chi connectivity index (χ3v) is 5.23. The standard InChI is InChI=1S/C19H21Cl2O4P.Li.H/c1-4-23-12-10-15(24-5-2)18(16(11-12)25-6-3)26-19(22)17-13(20)8-7-9-14(17)21;;/h7-11,26H,4-6H2,1-3H3;;. The second-order valence-electron chi connectivity index (χ2n) is 5.14. The molecule has 2 aromatic carbocycles. The fraction of sp³-hybridized carbons (Fsp3) is 0.316. The fourth-order valence-electron chi connectivity index (χ4n) is 2.37. The maximum absolute atomic E-state index is 12.9. The van der Waals surface area contributed by atoms with E-state index in [-0.39, 0.29) is 33.0 Å². The average molecular weight is 423 g/mol. The van der Waals surface area contributed by atoms with Crippen LogP contribution < -0.4 is 19.5 Å². The zero-order valence-electron chi connectivity index (χ0n) is 14.9. The molecule has 1 atom stereocenters. The minimum absolute atomic E-state index is 0. The predicted molar refractivity (Wildman–Crippen MR) is 116 cm³/mol. The van der Waals surface area contributed by atoms with Crippen LogP contribution in [-0.4, -0.2) is 44.2 Å². The summed E-state index contributed by atoms with van der Waals surface area (Å²) < 4.78 is 17.1. The Balaban J connectivity index is 0.00000364. The molecule has 27 heavy (non-hydrogen) atoms. The summed E-state index contributed by atoms with van der Waals surface area (Å²) in [7, 11) is -0.249. The molecule has 0 spiro atoms. The Bertz CT molecular complexity index is 739. The third-order valence-electron chi connectivity index (χ3n) is 3.38. The van der Waals surface area contributed by atoms with Crippen LogP contribution in [0.4, 0.5) is 0 Å². The van der Waals surface area contributed by atoms with Crippen molar-refractivity contribution in [3.63, 3.8) is 0 Å². The second-order valence-corrected chi connectivity index (χ2v) is 7.16. The molecule has 0 saturated carbocycles. The van der Waals surface area contributed by atoms with Crippen molar-refractivity contribution in [3.8, 4) is 17.2 Å². The van der Waals surface area contributed by atoms with E-state index in [1.54, 1.807) is 30.3 Å². The van der Waals surface area contributed by atoms with E-state index in [4.69, 9.17) is 37.4 Å². The Morgan fingerprint density at radius 1 is 0.926 bits per heavy atom. The molecule has 0 saturated heterocycles. The summed E-state index contributed by atoms with van der Waals surface area (Å²) in [6.45, 7) is 7.10. The molecule has 0 N–H and O–H groups in total. The van der Waals surface area contributed by atoms with Gasteiger partial charge in [-0.1, -0.05) is 29.3 Å². The van der Waals surface area contributed by atoms with E-state index in [2.05, 4.69) is 0 Å². The van der Waals surface area contributed by atoms with Crippen LogP contribution in [0.15, 0.2) is 30.3 Å². The number of benzene rings is 2. The zero-order valence-corrected chi connectivity index (χ0v) is 17.4. The van der Waals surface area contributed by atoms with E-state index in [1.807, 2.05) is 20.8 Å². The van der Waals surface area contributed by atoms with E-state index in [0.717, 1.165) is 0 Å². The summed E-state index contributed by atoms with van der Waals surface area (Å²) in [6.07, 6.45) is 0. The minimum atomic E-state index is -0.249. The van der Waals surface area contributed by atoms with Crippen LogP contribution in [-0.2, 0) is 0 Å². The van der Waals surface area contributed by atoms with Crippen molar-refractivity contribution in [3.05, 3.63) is 45.9 Å². The average Bonchev–Trinajstić information content (AvgIpc) is 2.58. The molecule has 2 rings (SSSR count). The Labute approximate surface area is 183 Å². The van der Waals surface area contributed by atoms with Crippen LogP contribution in [0.1, 0.15) is 31.1 Å². The molecule has 4 nitrogen and oxygen atoms in total. The Morgan fingerprint density at radius 3 is 1.85 bits per heavy atom. The number of hydrogen-bond donors (Lipinski definition) is 0. The van der Waals surface area contributed by atoms with E-state index in [0.29, 0.717) is 58.0 Å². The normalized spacial score (nSPS) is 10.6. The summed E-state index contributed by atoms with van der Waals surface area (Å²) in [5.74, 6) is 1.77. The SMILES string of the molecule is CCOc1cc(OCC)c(PC(=O)c2c(Cl)cccc2Cl)c(OCC)c1.[LiH]. The van der Waals surface area contributed by atoms with Crippen molar-refractivity contribution < 1.29 is 19.0 Å². The third kappa shape index (κ3) is 6.31. The van der Waals surface area contributed by atoms with Crippen molar-refractivity contribution in [1.82, 2.24) is 0 Å². The fourth-order valence-corrected chi connectivity index (χ4v) is 4.25. The number of hydrogen-bond acceptors (Lipinski definition) is 4. The molecule has 2 aromatic rings. The van der Waals surface area contributed by atoms with Crippen molar-refractivity contribution in [1.29, 1.82) is 0 Å². The van der Waals surface area contributed by atoms with E-state index < -0.39 is 0 Å². The molecule has 0 bridgehead atoms. The zero-order chi connectivity index (χ0) is 19.1. The molecule has 1 unspecified atom stereocenters. The molecule has 142 valence electrons. The van der Waals surface area contributed by atoms with Gasteiger partial charge in [-0.3, -0.25) is 4.79 Å². The first kappa shape index (κ1) is 24.2. The number of rotatable bonds is 9. The summed E-state index contributed by atoms with van der Waals surface area (Å²) in [5, 5.41) is 1.34. The Hall–Kier alpha value is -0.883. The van der Waals surface area contributed by atoms with Gasteiger partial charge >= 0.3 is 18.9 Å². The molecule has 0 aromatic heterocycles. The molecule has 0 aliphatic carbocycles. The molecule has 0 heterocycles. The van der Waals surface area contributed by atoms with Crippen LogP contribution in [0.3, 0.4) is 0 Å². The molecular formula is C19H22Cl2LiO4P. The monoisotopic (exact) mass is 422 g/mol. The van der Waals surface area contributed by atoms with Gasteiger partial charge in [0.15, 0.2) is 5.52 Å². The number of ether oxygens (including phenoxy) is 3. The summed E-state index contributed by atoms with van der Waals surface area (Å²) >= 11 is 12.4. The van der Waals surface area contributed by atoms with Crippen LogP contribution >= 0.6 is 31.8 Å². The van der Waals surface area contributed by atoms with Crippen molar-refractivity contribution >= 4 is 61.5 Å². The first-order chi connectivity index (χ1) is 12.5. The first-order valence-corrected chi connectivity index (χ1v) is 10.1. The van der Waals surface area contributed by atoms with Gasteiger partial charge < -0.3 is 14.2 Å². The van der Waals surface area contributed by atoms with Gasteiger partial charge in [0.25, 0.3) is 0 Å². The van der Waals surface area contributed by atoms with Gasteiger partial charge in [-0.15, -0.1) is 0 Å². The molecule has 0 aliphatic heterocycles. The van der Waals surface area contributed by atoms with Gasteiger partial charge in [0.05, 0.1) is 40.7 Å². The van der Waals surface area contributed by atoms with Gasteiger partial charge in [-0.2, -0.15) is 0 Å².